The second-order valence-corrected chi connectivity index (χ2v) is 10.3. The van der Waals surface area contributed by atoms with Gasteiger partial charge in [0.2, 0.25) is 15.9 Å². The molecule has 0 bridgehead atoms. The summed E-state index contributed by atoms with van der Waals surface area (Å²) in [7, 11) is -3.57. The Morgan fingerprint density at radius 1 is 1.31 bits per heavy atom. The minimum absolute atomic E-state index is 0.0159. The largest absolute Gasteiger partial charge is 0.377 e. The lowest BCUT2D eigenvalue weighted by Crippen LogP contribution is -2.45. The summed E-state index contributed by atoms with van der Waals surface area (Å²) in [6.45, 7) is 4.59. The van der Waals surface area contributed by atoms with Crippen LogP contribution >= 0.6 is 0 Å². The number of ether oxygens (including phenoxy) is 1. The number of benzene rings is 1. The third kappa shape index (κ3) is 6.25. The number of hydrogen-bond acceptors (Lipinski definition) is 6. The van der Waals surface area contributed by atoms with Crippen molar-refractivity contribution >= 4 is 26.8 Å². The Morgan fingerprint density at radius 2 is 2.03 bits per heavy atom. The molecule has 3 rings (SSSR count). The standard InChI is InChI=1S/C23H33N3O5S/c1-3-6-18(23(28)24-16-27)15-32(29,30)26-11-9-20(10-12-26)31-14-19-13-17(2)25-22-8-5-4-7-21(19)22/h4-5,7-8,13,18,20,27H,3,6,9-12,14-16H2,1-2H3,(H,24,28)/t18-/m0/s1. The highest BCUT2D eigenvalue weighted by Crippen LogP contribution is 2.23. The summed E-state index contributed by atoms with van der Waals surface area (Å²) >= 11 is 0. The molecule has 176 valence electrons. The molecule has 1 aromatic carbocycles. The topological polar surface area (TPSA) is 109 Å². The van der Waals surface area contributed by atoms with Crippen molar-refractivity contribution in [2.75, 3.05) is 25.6 Å². The number of rotatable bonds is 10. The Hall–Kier alpha value is -2.07. The molecule has 1 aromatic heterocycles. The lowest BCUT2D eigenvalue weighted by atomic mass is 10.1. The zero-order chi connectivity index (χ0) is 23.1. The highest BCUT2D eigenvalue weighted by atomic mass is 32.2. The Balaban J connectivity index is 1.56. The zero-order valence-corrected chi connectivity index (χ0v) is 19.6. The van der Waals surface area contributed by atoms with Crippen molar-refractivity contribution in [2.24, 2.45) is 5.92 Å². The van der Waals surface area contributed by atoms with Gasteiger partial charge in [-0.25, -0.2) is 12.7 Å². The van der Waals surface area contributed by atoms with Crippen LogP contribution in [0.4, 0.5) is 0 Å². The molecule has 32 heavy (non-hydrogen) atoms. The van der Waals surface area contributed by atoms with Gasteiger partial charge in [-0.05, 0) is 43.9 Å². The molecule has 0 spiro atoms. The van der Waals surface area contributed by atoms with Crippen LogP contribution in [0.25, 0.3) is 10.9 Å². The van der Waals surface area contributed by atoms with Gasteiger partial charge in [0.1, 0.15) is 6.73 Å². The van der Waals surface area contributed by atoms with Gasteiger partial charge in [-0.1, -0.05) is 31.5 Å². The normalized spacial score (nSPS) is 16.8. The SMILES string of the molecule is CCC[C@@H](CS(=O)(=O)N1CCC(OCc2cc(C)nc3ccccc23)CC1)C(=O)NCO. The van der Waals surface area contributed by atoms with E-state index in [-0.39, 0.29) is 11.9 Å². The zero-order valence-electron chi connectivity index (χ0n) is 18.8. The summed E-state index contributed by atoms with van der Waals surface area (Å²) in [4.78, 5) is 16.7. The Morgan fingerprint density at radius 3 is 2.72 bits per heavy atom. The van der Waals surface area contributed by atoms with Crippen molar-refractivity contribution in [1.82, 2.24) is 14.6 Å². The van der Waals surface area contributed by atoms with Gasteiger partial charge in [-0.2, -0.15) is 0 Å². The molecule has 2 heterocycles. The number of fused-ring (bicyclic) bond motifs is 1. The van der Waals surface area contributed by atoms with Crippen molar-refractivity contribution in [3.05, 3.63) is 41.6 Å². The van der Waals surface area contributed by atoms with Crippen LogP contribution in [0.5, 0.6) is 0 Å². The number of piperidine rings is 1. The van der Waals surface area contributed by atoms with E-state index in [2.05, 4.69) is 10.3 Å². The number of aliphatic hydroxyl groups is 1. The number of hydrogen-bond donors (Lipinski definition) is 2. The third-order valence-corrected chi connectivity index (χ3v) is 7.85. The fraction of sp³-hybridized carbons (Fsp3) is 0.565. The number of para-hydroxylation sites is 1. The van der Waals surface area contributed by atoms with E-state index in [1.165, 1.54) is 4.31 Å². The maximum atomic E-state index is 12.9. The number of sulfonamides is 1. The van der Waals surface area contributed by atoms with Crippen molar-refractivity contribution < 1.29 is 23.1 Å². The highest BCUT2D eigenvalue weighted by Gasteiger charge is 2.32. The van der Waals surface area contributed by atoms with Crippen LogP contribution in [0.3, 0.4) is 0 Å². The van der Waals surface area contributed by atoms with E-state index < -0.39 is 28.6 Å². The van der Waals surface area contributed by atoms with E-state index in [1.54, 1.807) is 0 Å². The minimum Gasteiger partial charge on any atom is -0.377 e. The number of carbonyl (C=O) groups excluding carboxylic acids is 1. The molecule has 1 amide bonds. The van der Waals surface area contributed by atoms with E-state index in [1.807, 2.05) is 44.2 Å². The number of aromatic nitrogens is 1. The fourth-order valence-corrected chi connectivity index (χ4v) is 6.02. The van der Waals surface area contributed by atoms with Gasteiger partial charge in [0, 0.05) is 24.2 Å². The molecule has 8 nitrogen and oxygen atoms in total. The molecular weight excluding hydrogens is 430 g/mol. The molecule has 9 heteroatoms. The molecular formula is C23H33N3O5S. The summed E-state index contributed by atoms with van der Waals surface area (Å²) in [5, 5.41) is 12.3. The van der Waals surface area contributed by atoms with E-state index in [0.29, 0.717) is 45.4 Å². The third-order valence-electron chi connectivity index (χ3n) is 5.87. The van der Waals surface area contributed by atoms with Gasteiger partial charge in [0.05, 0.1) is 29.9 Å². The first kappa shape index (κ1) is 24.6. The van der Waals surface area contributed by atoms with Crippen LogP contribution in [-0.4, -0.2) is 60.4 Å². The summed E-state index contributed by atoms with van der Waals surface area (Å²) in [5.41, 5.74) is 2.97. The molecule has 1 saturated heterocycles. The number of amides is 1. The summed E-state index contributed by atoms with van der Waals surface area (Å²) < 4.78 is 33.4. The van der Waals surface area contributed by atoms with Crippen LogP contribution < -0.4 is 5.32 Å². The predicted molar refractivity (Wildman–Crippen MR) is 123 cm³/mol. The second kappa shape index (κ2) is 11.2. The lowest BCUT2D eigenvalue weighted by Gasteiger charge is -2.32. The maximum absolute atomic E-state index is 12.9. The van der Waals surface area contributed by atoms with Gasteiger partial charge in [-0.15, -0.1) is 0 Å². The van der Waals surface area contributed by atoms with Crippen LogP contribution in [0.2, 0.25) is 0 Å². The van der Waals surface area contributed by atoms with E-state index >= 15 is 0 Å². The molecule has 1 aliphatic heterocycles. The molecule has 2 aromatic rings. The number of nitrogens with zero attached hydrogens (tertiary/aromatic N) is 2. The predicted octanol–water partition coefficient (Wildman–Crippen LogP) is 2.34. The summed E-state index contributed by atoms with van der Waals surface area (Å²) in [5.74, 6) is -1.31. The van der Waals surface area contributed by atoms with Crippen molar-refractivity contribution in [1.29, 1.82) is 0 Å². The van der Waals surface area contributed by atoms with Gasteiger partial charge in [-0.3, -0.25) is 9.78 Å². The number of aryl methyl sites for hydroxylation is 1. The average molecular weight is 464 g/mol. The fourth-order valence-electron chi connectivity index (χ4n) is 4.22. The van der Waals surface area contributed by atoms with Gasteiger partial charge >= 0.3 is 0 Å². The monoisotopic (exact) mass is 463 g/mol. The van der Waals surface area contributed by atoms with E-state index in [9.17, 15) is 13.2 Å². The average Bonchev–Trinajstić information content (AvgIpc) is 2.77. The molecule has 0 unspecified atom stereocenters. The molecule has 0 radical (unpaired) electrons. The summed E-state index contributed by atoms with van der Waals surface area (Å²) in [6, 6.07) is 10.0. The van der Waals surface area contributed by atoms with Crippen LogP contribution in [0.15, 0.2) is 30.3 Å². The molecule has 2 N–H and O–H groups in total. The Labute approximate surface area is 190 Å². The first-order valence-corrected chi connectivity index (χ1v) is 12.8. The molecule has 0 aliphatic carbocycles. The Kier molecular flexibility index (Phi) is 8.58. The quantitative estimate of drug-likeness (QED) is 0.524. The van der Waals surface area contributed by atoms with Crippen molar-refractivity contribution in [3.63, 3.8) is 0 Å². The van der Waals surface area contributed by atoms with Crippen molar-refractivity contribution in [2.45, 2.75) is 52.2 Å². The maximum Gasteiger partial charge on any atom is 0.225 e. The minimum atomic E-state index is -3.57. The first-order valence-electron chi connectivity index (χ1n) is 11.2. The number of pyridine rings is 1. The van der Waals surface area contributed by atoms with Crippen LogP contribution in [0, 0.1) is 12.8 Å². The molecule has 1 fully saturated rings. The highest BCUT2D eigenvalue weighted by molar-refractivity contribution is 7.89. The molecule has 1 atom stereocenters. The Bertz CT molecular complexity index is 1020. The number of aliphatic hydroxyl groups excluding tert-OH is 1. The molecule has 1 aliphatic rings. The number of nitrogens with one attached hydrogen (secondary N) is 1. The van der Waals surface area contributed by atoms with E-state index in [0.717, 1.165) is 22.2 Å². The van der Waals surface area contributed by atoms with Gasteiger partial charge < -0.3 is 15.2 Å². The molecule has 0 saturated carbocycles. The second-order valence-electron chi connectivity index (χ2n) is 8.31. The number of carbonyl (C=O) groups is 1. The lowest BCUT2D eigenvalue weighted by molar-refractivity contribution is -0.125. The van der Waals surface area contributed by atoms with Crippen molar-refractivity contribution in [3.8, 4) is 0 Å². The van der Waals surface area contributed by atoms with Crippen LogP contribution in [-0.2, 0) is 26.2 Å². The first-order chi connectivity index (χ1) is 15.3. The van der Waals surface area contributed by atoms with Gasteiger partial charge in [0.25, 0.3) is 0 Å². The smallest absolute Gasteiger partial charge is 0.225 e. The van der Waals surface area contributed by atoms with Crippen LogP contribution in [0.1, 0.15) is 43.9 Å². The summed E-state index contributed by atoms with van der Waals surface area (Å²) in [6.07, 6.45) is 2.37. The van der Waals surface area contributed by atoms with Gasteiger partial charge in [0.15, 0.2) is 0 Å². The van der Waals surface area contributed by atoms with E-state index in [4.69, 9.17) is 9.84 Å².